The molecule has 1 heterocycles. The summed E-state index contributed by atoms with van der Waals surface area (Å²) in [5, 5.41) is 3.69. The highest BCUT2D eigenvalue weighted by Gasteiger charge is 2.33. The number of hydrogen-bond donors (Lipinski definition) is 1. The monoisotopic (exact) mass is 255 g/mol. The van der Waals surface area contributed by atoms with Gasteiger partial charge < -0.3 is 10.2 Å². The first-order valence-electron chi connectivity index (χ1n) is 7.42. The van der Waals surface area contributed by atoms with Crippen molar-refractivity contribution in [1.29, 1.82) is 0 Å². The molecular weight excluding hydrogens is 222 g/mol. The number of likely N-dealkylation sites (tertiary alicyclic amines) is 1. The van der Waals surface area contributed by atoms with Crippen molar-refractivity contribution in [2.24, 2.45) is 5.92 Å². The summed E-state index contributed by atoms with van der Waals surface area (Å²) in [5.74, 6) is 0.779. The van der Waals surface area contributed by atoms with Crippen LogP contribution in [0.25, 0.3) is 0 Å². The van der Waals surface area contributed by atoms with Crippen molar-refractivity contribution in [3.63, 3.8) is 0 Å². The Kier molecular flexibility index (Phi) is 5.63. The van der Waals surface area contributed by atoms with Gasteiger partial charge in [-0.25, -0.2) is 0 Å². The van der Waals surface area contributed by atoms with E-state index in [0.29, 0.717) is 12.1 Å². The van der Waals surface area contributed by atoms with Gasteiger partial charge in [0.25, 0.3) is 0 Å². The zero-order valence-corrected chi connectivity index (χ0v) is 13.5. The lowest BCUT2D eigenvalue weighted by atomic mass is 10.0. The molecule has 108 valence electrons. The lowest BCUT2D eigenvalue weighted by molar-refractivity contribution is 0.209. The molecule has 0 amide bonds. The van der Waals surface area contributed by atoms with Crippen LogP contribution in [0.4, 0.5) is 0 Å². The summed E-state index contributed by atoms with van der Waals surface area (Å²) in [6, 6.07) is 1.34. The van der Waals surface area contributed by atoms with Crippen LogP contribution in [-0.4, -0.2) is 61.2 Å². The zero-order valence-electron chi connectivity index (χ0n) is 13.5. The van der Waals surface area contributed by atoms with Crippen LogP contribution in [0.5, 0.6) is 0 Å². The van der Waals surface area contributed by atoms with Gasteiger partial charge >= 0.3 is 0 Å². The highest BCUT2D eigenvalue weighted by Crippen LogP contribution is 2.22. The van der Waals surface area contributed by atoms with Crippen molar-refractivity contribution >= 4 is 0 Å². The smallest absolute Gasteiger partial charge is 0.0254 e. The van der Waals surface area contributed by atoms with Crippen molar-refractivity contribution in [2.75, 3.05) is 33.7 Å². The molecule has 1 N–H and O–H groups in total. The second-order valence-electron chi connectivity index (χ2n) is 6.93. The Morgan fingerprint density at radius 3 is 2.39 bits per heavy atom. The summed E-state index contributed by atoms with van der Waals surface area (Å²) >= 11 is 0. The second kappa shape index (κ2) is 6.36. The molecule has 1 rings (SSSR count). The van der Waals surface area contributed by atoms with Crippen molar-refractivity contribution < 1.29 is 0 Å². The predicted octanol–water partition coefficient (Wildman–Crippen LogP) is 2.04. The van der Waals surface area contributed by atoms with E-state index in [9.17, 15) is 0 Å². The van der Waals surface area contributed by atoms with Crippen LogP contribution in [0.15, 0.2) is 0 Å². The number of likely N-dealkylation sites (N-methyl/N-ethyl adjacent to an activating group) is 1. The molecule has 1 fully saturated rings. The van der Waals surface area contributed by atoms with E-state index in [-0.39, 0.29) is 5.54 Å². The van der Waals surface area contributed by atoms with E-state index in [1.165, 1.54) is 19.5 Å². The van der Waals surface area contributed by atoms with Crippen LogP contribution < -0.4 is 5.32 Å². The molecule has 0 aromatic heterocycles. The number of nitrogens with one attached hydrogen (secondary N) is 1. The maximum absolute atomic E-state index is 3.69. The SMILES string of the molecule is CCC(C)(C)NCC(C)N1CC(C)C(N(C)C)C1. The summed E-state index contributed by atoms with van der Waals surface area (Å²) in [7, 11) is 4.40. The highest BCUT2D eigenvalue weighted by atomic mass is 15.3. The largest absolute Gasteiger partial charge is 0.310 e. The van der Waals surface area contributed by atoms with E-state index in [1.54, 1.807) is 0 Å². The van der Waals surface area contributed by atoms with Crippen LogP contribution in [0.1, 0.15) is 41.0 Å². The Morgan fingerprint density at radius 2 is 1.94 bits per heavy atom. The Labute approximate surface area is 114 Å². The summed E-state index contributed by atoms with van der Waals surface area (Å²) in [5.41, 5.74) is 0.264. The van der Waals surface area contributed by atoms with Crippen LogP contribution in [0.3, 0.4) is 0 Å². The third kappa shape index (κ3) is 4.22. The Morgan fingerprint density at radius 1 is 1.33 bits per heavy atom. The van der Waals surface area contributed by atoms with E-state index in [4.69, 9.17) is 0 Å². The number of nitrogens with zero attached hydrogens (tertiary/aromatic N) is 2. The average molecular weight is 255 g/mol. The Balaban J connectivity index is 2.42. The molecule has 1 aliphatic heterocycles. The lowest BCUT2D eigenvalue weighted by Crippen LogP contribution is -2.47. The van der Waals surface area contributed by atoms with E-state index in [2.05, 4.69) is 63.8 Å². The fraction of sp³-hybridized carbons (Fsp3) is 1.00. The van der Waals surface area contributed by atoms with Crippen LogP contribution in [0.2, 0.25) is 0 Å². The minimum atomic E-state index is 0.264. The van der Waals surface area contributed by atoms with Crippen LogP contribution >= 0.6 is 0 Å². The fourth-order valence-electron chi connectivity index (χ4n) is 2.70. The van der Waals surface area contributed by atoms with Gasteiger partial charge in [-0.1, -0.05) is 13.8 Å². The molecular formula is C15H33N3. The molecule has 0 saturated carbocycles. The lowest BCUT2D eigenvalue weighted by Gasteiger charge is -2.31. The van der Waals surface area contributed by atoms with E-state index in [1.807, 2.05) is 0 Å². The molecule has 1 aliphatic rings. The molecule has 1 saturated heterocycles. The van der Waals surface area contributed by atoms with Crippen molar-refractivity contribution in [3.8, 4) is 0 Å². The first-order valence-corrected chi connectivity index (χ1v) is 7.42. The zero-order chi connectivity index (χ0) is 13.9. The van der Waals surface area contributed by atoms with Crippen molar-refractivity contribution in [3.05, 3.63) is 0 Å². The molecule has 3 unspecified atom stereocenters. The number of rotatable bonds is 6. The fourth-order valence-corrected chi connectivity index (χ4v) is 2.70. The molecule has 0 bridgehead atoms. The molecule has 0 aromatic rings. The normalized spacial score (nSPS) is 28.0. The van der Waals surface area contributed by atoms with Gasteiger partial charge in [0, 0.05) is 37.3 Å². The summed E-state index contributed by atoms with van der Waals surface area (Å²) in [4.78, 5) is 5.01. The third-order valence-corrected chi connectivity index (χ3v) is 4.65. The van der Waals surface area contributed by atoms with Gasteiger partial charge in [0.15, 0.2) is 0 Å². The molecule has 0 aromatic carbocycles. The summed E-state index contributed by atoms with van der Waals surface area (Å²) in [6.45, 7) is 15.1. The number of hydrogen-bond acceptors (Lipinski definition) is 3. The molecule has 3 heteroatoms. The first-order chi connectivity index (χ1) is 8.26. The third-order valence-electron chi connectivity index (χ3n) is 4.65. The van der Waals surface area contributed by atoms with Crippen LogP contribution in [-0.2, 0) is 0 Å². The maximum Gasteiger partial charge on any atom is 0.0254 e. The van der Waals surface area contributed by atoms with E-state index in [0.717, 1.165) is 12.5 Å². The minimum absolute atomic E-state index is 0.264. The van der Waals surface area contributed by atoms with Gasteiger partial charge in [-0.15, -0.1) is 0 Å². The highest BCUT2D eigenvalue weighted by molar-refractivity contribution is 4.90. The van der Waals surface area contributed by atoms with Crippen molar-refractivity contribution in [1.82, 2.24) is 15.1 Å². The van der Waals surface area contributed by atoms with Gasteiger partial charge in [0.05, 0.1) is 0 Å². The molecule has 0 aliphatic carbocycles. The molecule has 3 nitrogen and oxygen atoms in total. The first kappa shape index (κ1) is 15.9. The second-order valence-corrected chi connectivity index (χ2v) is 6.93. The standard InChI is InChI=1S/C15H33N3/c1-8-15(4,5)16-9-13(3)18-10-12(2)14(11-18)17(6)7/h12-14,16H,8-11H2,1-7H3. The van der Waals surface area contributed by atoms with E-state index < -0.39 is 0 Å². The van der Waals surface area contributed by atoms with Crippen LogP contribution in [0, 0.1) is 5.92 Å². The predicted molar refractivity (Wildman–Crippen MR) is 80.0 cm³/mol. The molecule has 18 heavy (non-hydrogen) atoms. The summed E-state index contributed by atoms with van der Waals surface area (Å²) < 4.78 is 0. The minimum Gasteiger partial charge on any atom is -0.310 e. The molecule has 0 spiro atoms. The molecule has 0 radical (unpaired) electrons. The van der Waals surface area contributed by atoms with Gasteiger partial charge in [-0.05, 0) is 47.2 Å². The summed E-state index contributed by atoms with van der Waals surface area (Å²) in [6.07, 6.45) is 1.18. The van der Waals surface area contributed by atoms with Gasteiger partial charge in [-0.3, -0.25) is 4.90 Å². The Bertz CT molecular complexity index is 250. The van der Waals surface area contributed by atoms with Gasteiger partial charge in [0.1, 0.15) is 0 Å². The van der Waals surface area contributed by atoms with Gasteiger partial charge in [0.2, 0.25) is 0 Å². The Hall–Kier alpha value is -0.120. The topological polar surface area (TPSA) is 18.5 Å². The maximum atomic E-state index is 3.69. The molecule has 3 atom stereocenters. The van der Waals surface area contributed by atoms with Gasteiger partial charge in [-0.2, -0.15) is 0 Å². The van der Waals surface area contributed by atoms with Crippen molar-refractivity contribution in [2.45, 2.75) is 58.7 Å². The average Bonchev–Trinajstić information content (AvgIpc) is 2.68. The quantitative estimate of drug-likeness (QED) is 0.783. The van der Waals surface area contributed by atoms with E-state index >= 15 is 0 Å².